The first-order chi connectivity index (χ1) is 0. The summed E-state index contributed by atoms with van der Waals surface area (Å²) in [5, 5.41) is 0. The summed E-state index contributed by atoms with van der Waals surface area (Å²) >= 11 is 0. The molecule has 0 amide bonds. The van der Waals surface area contributed by atoms with E-state index >= 15 is 0 Å². The van der Waals surface area contributed by atoms with Gasteiger partial charge in [-0.1, -0.05) is 0 Å². The van der Waals surface area contributed by atoms with Crippen LogP contribution < -0.4 is 0 Å². The molecule has 0 atom stereocenters. The van der Waals surface area contributed by atoms with Crippen LogP contribution in [-0.2, 0) is 0 Å². The Morgan fingerprint density at radius 3 is 0.250 bits per heavy atom. The SMILES string of the molecule is O.O.O.O.O.O.O.O.O.[Ba+2].[OH-].[OH-]. The van der Waals surface area contributed by atoms with Crippen molar-refractivity contribution in [1.82, 2.24) is 0 Å². The maximum Gasteiger partial charge on any atom is 2.00 e. The minimum atomic E-state index is 0. The summed E-state index contributed by atoms with van der Waals surface area (Å²) in [5.74, 6) is 0. The summed E-state index contributed by atoms with van der Waals surface area (Å²) in [7, 11) is 0. The van der Waals surface area contributed by atoms with Crippen LogP contribution in [0, 0.1) is 0 Å². The van der Waals surface area contributed by atoms with Crippen molar-refractivity contribution in [1.29, 1.82) is 0 Å². The zero-order valence-electron chi connectivity index (χ0n) is 6.10. The third-order valence-corrected chi connectivity index (χ3v) is 0. The smallest absolute Gasteiger partial charge is 0.870 e. The van der Waals surface area contributed by atoms with E-state index in [1.54, 1.807) is 0 Å². The van der Waals surface area contributed by atoms with Crippen LogP contribution >= 0.6 is 0 Å². The van der Waals surface area contributed by atoms with Crippen LogP contribution in [0.5, 0.6) is 0 Å². The summed E-state index contributed by atoms with van der Waals surface area (Å²) in [5.41, 5.74) is 0. The predicted octanol–water partition coefficient (Wildman–Crippen LogP) is -8.16. The molecule has 0 aromatic heterocycles. The molecule has 12 heteroatoms. The van der Waals surface area contributed by atoms with Crippen LogP contribution in [-0.4, -0.2) is 109 Å². The van der Waals surface area contributed by atoms with E-state index in [9.17, 15) is 0 Å². The molecule has 0 bridgehead atoms. The van der Waals surface area contributed by atoms with Gasteiger partial charge in [0, 0.05) is 0 Å². The summed E-state index contributed by atoms with van der Waals surface area (Å²) < 4.78 is 0. The monoisotopic (exact) mass is 334 g/mol. The van der Waals surface area contributed by atoms with Crippen LogP contribution in [0.3, 0.4) is 0 Å². The van der Waals surface area contributed by atoms with Gasteiger partial charge in [0.05, 0.1) is 0 Å². The second-order valence-corrected chi connectivity index (χ2v) is 0. The first-order valence-corrected chi connectivity index (χ1v) is 0. The Kier molecular flexibility index (Phi) is 148000. The largest absolute Gasteiger partial charge is 2.00 e. The van der Waals surface area contributed by atoms with Gasteiger partial charge < -0.3 is 60.2 Å². The van der Waals surface area contributed by atoms with E-state index in [1.165, 1.54) is 0 Å². The zero-order valence-corrected chi connectivity index (χ0v) is 10.5. The average Bonchev–Trinajstić information content (AvgIpc) is 0. The van der Waals surface area contributed by atoms with E-state index in [4.69, 9.17) is 0 Å². The zero-order chi connectivity index (χ0) is 0. The Balaban J connectivity index is 0. The Labute approximate surface area is 108 Å². The van der Waals surface area contributed by atoms with Gasteiger partial charge in [-0.3, -0.25) is 0 Å². The van der Waals surface area contributed by atoms with Crippen LogP contribution in [0.4, 0.5) is 0 Å². The van der Waals surface area contributed by atoms with E-state index in [-0.39, 0.29) is 109 Å². The second kappa shape index (κ2) is 1170. The molecule has 0 aromatic rings. The minimum absolute atomic E-state index is 0. The molecular formula is H20BaO11. The van der Waals surface area contributed by atoms with Gasteiger partial charge in [0.2, 0.25) is 0 Å². The van der Waals surface area contributed by atoms with Gasteiger partial charge in [0.15, 0.2) is 0 Å². The van der Waals surface area contributed by atoms with E-state index in [2.05, 4.69) is 0 Å². The summed E-state index contributed by atoms with van der Waals surface area (Å²) in [6.07, 6.45) is 0. The van der Waals surface area contributed by atoms with E-state index in [1.807, 2.05) is 0 Å². The number of hydrogen-bond acceptors (Lipinski definition) is 2. The fourth-order valence-electron chi connectivity index (χ4n) is 0. The standard InChI is InChI=1S/Ba.11H2O/h;11*1H2/q+2;;;;;;;;;;;/p-2. The molecule has 0 aliphatic carbocycles. The number of hydrogen-bond donors (Lipinski definition) is 0. The molecule has 0 rings (SSSR count). The molecule has 0 spiro atoms. The molecule has 0 saturated carbocycles. The predicted molar refractivity (Wildman–Crippen MR) is 42.1 cm³/mol. The molecule has 0 unspecified atom stereocenters. The molecule has 0 fully saturated rings. The van der Waals surface area contributed by atoms with Crippen molar-refractivity contribution in [2.75, 3.05) is 0 Å². The van der Waals surface area contributed by atoms with Gasteiger partial charge in [-0.15, -0.1) is 0 Å². The quantitative estimate of drug-likeness (QED) is 0.389. The van der Waals surface area contributed by atoms with Crippen LogP contribution in [0.2, 0.25) is 0 Å². The summed E-state index contributed by atoms with van der Waals surface area (Å²) in [4.78, 5) is 0. The first kappa shape index (κ1) is 1510. The van der Waals surface area contributed by atoms with Crippen molar-refractivity contribution in [3.05, 3.63) is 0 Å². The van der Waals surface area contributed by atoms with Crippen molar-refractivity contribution >= 4 is 48.9 Å². The molecule has 0 aliphatic heterocycles. The van der Waals surface area contributed by atoms with Gasteiger partial charge >= 0.3 is 48.9 Å². The van der Waals surface area contributed by atoms with Crippen LogP contribution in [0.15, 0.2) is 0 Å². The van der Waals surface area contributed by atoms with Gasteiger partial charge in [-0.05, 0) is 0 Å². The fourth-order valence-corrected chi connectivity index (χ4v) is 0. The van der Waals surface area contributed by atoms with Gasteiger partial charge in [0.1, 0.15) is 0 Å². The number of rotatable bonds is 0. The first-order valence-electron chi connectivity index (χ1n) is 0. The van der Waals surface area contributed by atoms with Crippen molar-refractivity contribution in [3.63, 3.8) is 0 Å². The van der Waals surface area contributed by atoms with E-state index in [0.29, 0.717) is 0 Å². The Morgan fingerprint density at radius 2 is 0.250 bits per heavy atom. The molecule has 88 valence electrons. The molecule has 0 aliphatic rings. The molecule has 0 heterocycles. The van der Waals surface area contributed by atoms with Crippen molar-refractivity contribution < 1.29 is 60.2 Å². The van der Waals surface area contributed by atoms with Crippen molar-refractivity contribution in [3.8, 4) is 0 Å². The Morgan fingerprint density at radius 1 is 0.250 bits per heavy atom. The molecule has 0 saturated heterocycles. The van der Waals surface area contributed by atoms with Gasteiger partial charge in [0.25, 0.3) is 0 Å². The van der Waals surface area contributed by atoms with Crippen LogP contribution in [0.1, 0.15) is 0 Å². The summed E-state index contributed by atoms with van der Waals surface area (Å²) in [6, 6.07) is 0. The Bertz CT molecular complexity index is 4.97. The molecule has 12 heavy (non-hydrogen) atoms. The third-order valence-electron chi connectivity index (χ3n) is 0. The molecular weight excluding hydrogens is 313 g/mol. The van der Waals surface area contributed by atoms with E-state index in [0.717, 1.165) is 0 Å². The molecule has 0 radical (unpaired) electrons. The van der Waals surface area contributed by atoms with E-state index < -0.39 is 0 Å². The minimum Gasteiger partial charge on any atom is -0.870 e. The topological polar surface area (TPSA) is 344 Å². The summed E-state index contributed by atoms with van der Waals surface area (Å²) in [6.45, 7) is 0. The maximum absolute atomic E-state index is 0. The second-order valence-electron chi connectivity index (χ2n) is 0. The average molecular weight is 333 g/mol. The van der Waals surface area contributed by atoms with Gasteiger partial charge in [-0.2, -0.15) is 0 Å². The fraction of sp³-hybridized carbons (Fsp3) is 0. The van der Waals surface area contributed by atoms with Crippen LogP contribution in [0.25, 0.3) is 0 Å². The third kappa shape index (κ3) is 893. The molecule has 11 nitrogen and oxygen atoms in total. The normalized spacial score (nSPS) is 0. The maximum atomic E-state index is 0. The van der Waals surface area contributed by atoms with Gasteiger partial charge in [-0.25, -0.2) is 0 Å². The molecule has 0 aromatic carbocycles. The Hall–Kier alpha value is 1.13. The van der Waals surface area contributed by atoms with Crippen molar-refractivity contribution in [2.24, 2.45) is 0 Å². The van der Waals surface area contributed by atoms with Crippen molar-refractivity contribution in [2.45, 2.75) is 0 Å². The molecule has 20 N–H and O–H groups in total.